The zero-order valence-electron chi connectivity index (χ0n) is 12.2. The predicted octanol–water partition coefficient (Wildman–Crippen LogP) is 1.94. The van der Waals surface area contributed by atoms with Crippen molar-refractivity contribution < 1.29 is 9.59 Å². The van der Waals surface area contributed by atoms with Crippen LogP contribution in [0.3, 0.4) is 0 Å². The van der Waals surface area contributed by atoms with Crippen LogP contribution in [-0.2, 0) is 9.59 Å². The molecular weight excluding hydrogens is 240 g/mol. The Kier molecular flexibility index (Phi) is 4.83. The number of amides is 2. The number of nitrogens with one attached hydrogen (secondary N) is 1. The molecule has 2 unspecified atom stereocenters. The van der Waals surface area contributed by atoms with Crippen molar-refractivity contribution in [1.82, 2.24) is 10.2 Å². The van der Waals surface area contributed by atoms with E-state index in [0.717, 1.165) is 51.6 Å². The van der Waals surface area contributed by atoms with E-state index in [0.29, 0.717) is 0 Å². The minimum Gasteiger partial charge on any atom is -0.354 e. The lowest BCUT2D eigenvalue weighted by Gasteiger charge is -2.32. The molecule has 1 saturated carbocycles. The summed E-state index contributed by atoms with van der Waals surface area (Å²) in [5, 5.41) is 2.98. The minimum absolute atomic E-state index is 0.0762. The molecule has 0 spiro atoms. The fraction of sp³-hybridized carbons (Fsp3) is 0.867. The number of nitrogens with zero attached hydrogens (tertiary/aromatic N) is 1. The van der Waals surface area contributed by atoms with Gasteiger partial charge in [-0.25, -0.2) is 0 Å². The Morgan fingerprint density at radius 1 is 1.00 bits per heavy atom. The van der Waals surface area contributed by atoms with Gasteiger partial charge in [-0.1, -0.05) is 12.8 Å². The highest BCUT2D eigenvalue weighted by Crippen LogP contribution is 2.32. The zero-order chi connectivity index (χ0) is 13.8. The van der Waals surface area contributed by atoms with E-state index in [2.05, 4.69) is 5.32 Å². The number of rotatable bonds is 3. The van der Waals surface area contributed by atoms with Gasteiger partial charge in [0.15, 0.2) is 0 Å². The average molecular weight is 266 g/mol. The van der Waals surface area contributed by atoms with E-state index in [-0.39, 0.29) is 29.7 Å². The monoisotopic (exact) mass is 266 g/mol. The van der Waals surface area contributed by atoms with Gasteiger partial charge in [0.2, 0.25) is 11.8 Å². The van der Waals surface area contributed by atoms with Crippen LogP contribution in [0.15, 0.2) is 0 Å². The number of hydrogen-bond donors (Lipinski definition) is 1. The first-order chi connectivity index (χ1) is 9.09. The summed E-state index contributed by atoms with van der Waals surface area (Å²) in [5.41, 5.74) is 0. The predicted molar refractivity (Wildman–Crippen MR) is 74.5 cm³/mol. The fourth-order valence-electron chi connectivity index (χ4n) is 3.30. The largest absolute Gasteiger partial charge is 0.354 e. The fourth-order valence-corrected chi connectivity index (χ4v) is 3.30. The topological polar surface area (TPSA) is 49.4 Å². The SMILES string of the molecule is CC(C)NC(=O)C1CCCCC1C(=O)N1CCCC1. The summed E-state index contributed by atoms with van der Waals surface area (Å²) in [4.78, 5) is 26.8. The first-order valence-corrected chi connectivity index (χ1v) is 7.68. The van der Waals surface area contributed by atoms with Crippen LogP contribution < -0.4 is 5.32 Å². The first-order valence-electron chi connectivity index (χ1n) is 7.68. The van der Waals surface area contributed by atoms with Gasteiger partial charge in [-0.05, 0) is 39.5 Å². The number of likely N-dealkylation sites (tertiary alicyclic amines) is 1. The second kappa shape index (κ2) is 6.40. The molecule has 2 fully saturated rings. The average Bonchev–Trinajstić information content (AvgIpc) is 2.91. The van der Waals surface area contributed by atoms with Gasteiger partial charge in [-0.3, -0.25) is 9.59 Å². The van der Waals surface area contributed by atoms with Crippen LogP contribution in [0.4, 0.5) is 0 Å². The minimum atomic E-state index is -0.107. The molecule has 0 bridgehead atoms. The Hall–Kier alpha value is -1.06. The van der Waals surface area contributed by atoms with Gasteiger partial charge in [0.25, 0.3) is 0 Å². The van der Waals surface area contributed by atoms with Gasteiger partial charge >= 0.3 is 0 Å². The Labute approximate surface area is 115 Å². The highest BCUT2D eigenvalue weighted by molar-refractivity contribution is 5.88. The molecule has 1 heterocycles. The highest BCUT2D eigenvalue weighted by Gasteiger charge is 2.38. The maximum absolute atomic E-state index is 12.5. The molecule has 2 atom stereocenters. The Bertz CT molecular complexity index is 335. The molecule has 2 aliphatic rings. The summed E-state index contributed by atoms with van der Waals surface area (Å²) in [5.74, 6) is 0.114. The molecule has 4 heteroatoms. The number of carbonyl (C=O) groups is 2. The van der Waals surface area contributed by atoms with Crippen molar-refractivity contribution >= 4 is 11.8 Å². The van der Waals surface area contributed by atoms with E-state index < -0.39 is 0 Å². The number of hydrogen-bond acceptors (Lipinski definition) is 2. The van der Waals surface area contributed by atoms with Gasteiger partial charge in [-0.15, -0.1) is 0 Å². The molecule has 108 valence electrons. The van der Waals surface area contributed by atoms with E-state index in [1.165, 1.54) is 0 Å². The lowest BCUT2D eigenvalue weighted by molar-refractivity contribution is -0.143. The van der Waals surface area contributed by atoms with E-state index >= 15 is 0 Å². The lowest BCUT2D eigenvalue weighted by atomic mass is 9.77. The zero-order valence-corrected chi connectivity index (χ0v) is 12.2. The van der Waals surface area contributed by atoms with Crippen molar-refractivity contribution in [3.05, 3.63) is 0 Å². The van der Waals surface area contributed by atoms with Crippen LogP contribution in [0, 0.1) is 11.8 Å². The molecule has 0 radical (unpaired) electrons. The van der Waals surface area contributed by atoms with Crippen LogP contribution in [0.25, 0.3) is 0 Å². The molecule has 2 rings (SSSR count). The molecule has 1 saturated heterocycles. The van der Waals surface area contributed by atoms with Gasteiger partial charge in [0.05, 0.1) is 0 Å². The Morgan fingerprint density at radius 3 is 2.16 bits per heavy atom. The summed E-state index contributed by atoms with van der Waals surface area (Å²) < 4.78 is 0. The molecule has 0 aromatic rings. The second-order valence-corrected chi connectivity index (χ2v) is 6.19. The van der Waals surface area contributed by atoms with Crippen LogP contribution in [-0.4, -0.2) is 35.8 Å². The molecular formula is C15H26N2O2. The summed E-state index contributed by atoms with van der Waals surface area (Å²) in [6, 6.07) is 0.150. The van der Waals surface area contributed by atoms with Crippen molar-refractivity contribution in [3.63, 3.8) is 0 Å². The van der Waals surface area contributed by atoms with Crippen LogP contribution in [0.1, 0.15) is 52.4 Å². The quantitative estimate of drug-likeness (QED) is 0.848. The summed E-state index contributed by atoms with van der Waals surface area (Å²) in [6.45, 7) is 5.71. The molecule has 1 aliphatic heterocycles. The van der Waals surface area contributed by atoms with Crippen molar-refractivity contribution in [2.24, 2.45) is 11.8 Å². The second-order valence-electron chi connectivity index (χ2n) is 6.19. The highest BCUT2D eigenvalue weighted by atomic mass is 16.2. The van der Waals surface area contributed by atoms with Gasteiger partial charge in [0, 0.05) is 31.0 Å². The molecule has 2 amide bonds. The molecule has 19 heavy (non-hydrogen) atoms. The van der Waals surface area contributed by atoms with Gasteiger partial charge in [0.1, 0.15) is 0 Å². The van der Waals surface area contributed by atoms with Gasteiger partial charge in [-0.2, -0.15) is 0 Å². The maximum Gasteiger partial charge on any atom is 0.226 e. The van der Waals surface area contributed by atoms with E-state index in [1.807, 2.05) is 18.7 Å². The molecule has 1 N–H and O–H groups in total. The van der Waals surface area contributed by atoms with Crippen molar-refractivity contribution in [1.29, 1.82) is 0 Å². The van der Waals surface area contributed by atoms with Crippen LogP contribution in [0.5, 0.6) is 0 Å². The van der Waals surface area contributed by atoms with Crippen molar-refractivity contribution in [2.75, 3.05) is 13.1 Å². The van der Waals surface area contributed by atoms with E-state index in [4.69, 9.17) is 0 Å². The third kappa shape index (κ3) is 3.48. The third-order valence-electron chi connectivity index (χ3n) is 4.27. The number of carbonyl (C=O) groups excluding carboxylic acids is 2. The van der Waals surface area contributed by atoms with Crippen LogP contribution in [0.2, 0.25) is 0 Å². The van der Waals surface area contributed by atoms with E-state index in [1.54, 1.807) is 0 Å². The summed E-state index contributed by atoms with van der Waals surface area (Å²) in [6.07, 6.45) is 6.12. The Morgan fingerprint density at radius 2 is 1.58 bits per heavy atom. The lowest BCUT2D eigenvalue weighted by Crippen LogP contribution is -2.46. The third-order valence-corrected chi connectivity index (χ3v) is 4.27. The summed E-state index contributed by atoms with van der Waals surface area (Å²) >= 11 is 0. The summed E-state index contributed by atoms with van der Waals surface area (Å²) in [7, 11) is 0. The molecule has 4 nitrogen and oxygen atoms in total. The standard InChI is InChI=1S/C15H26N2O2/c1-11(2)16-14(18)12-7-3-4-8-13(12)15(19)17-9-5-6-10-17/h11-13H,3-10H2,1-2H3,(H,16,18). The van der Waals surface area contributed by atoms with Gasteiger partial charge < -0.3 is 10.2 Å². The maximum atomic E-state index is 12.5. The molecule has 1 aliphatic carbocycles. The van der Waals surface area contributed by atoms with Crippen molar-refractivity contribution in [2.45, 2.75) is 58.4 Å². The Balaban J connectivity index is 2.02. The first kappa shape index (κ1) is 14.4. The normalized spacial score (nSPS) is 27.6. The van der Waals surface area contributed by atoms with E-state index in [9.17, 15) is 9.59 Å². The molecule has 0 aromatic heterocycles. The molecule has 0 aromatic carbocycles. The van der Waals surface area contributed by atoms with Crippen molar-refractivity contribution in [3.8, 4) is 0 Å². The smallest absolute Gasteiger partial charge is 0.226 e. The van der Waals surface area contributed by atoms with Crippen LogP contribution >= 0.6 is 0 Å².